The largest absolute Gasteiger partial charge is 0.397 e. The molecule has 6 rings (SSSR count). The fourth-order valence-corrected chi connectivity index (χ4v) is 8.61. The lowest BCUT2D eigenvalue weighted by atomic mass is 9.78. The zero-order valence-corrected chi connectivity index (χ0v) is 24.9. The van der Waals surface area contributed by atoms with Crippen molar-refractivity contribution in [3.63, 3.8) is 0 Å². The van der Waals surface area contributed by atoms with Gasteiger partial charge in [-0.15, -0.1) is 11.3 Å². The van der Waals surface area contributed by atoms with Crippen LogP contribution in [0.3, 0.4) is 0 Å². The Labute approximate surface area is 247 Å². The molecule has 0 radical (unpaired) electrons. The van der Waals surface area contributed by atoms with E-state index in [1.54, 1.807) is 17.5 Å². The number of hydrogen-bond acceptors (Lipinski definition) is 7. The van der Waals surface area contributed by atoms with E-state index in [1.807, 2.05) is 74.5 Å². The molecule has 10 heteroatoms. The molecule has 2 aromatic carbocycles. The van der Waals surface area contributed by atoms with E-state index in [4.69, 9.17) is 5.73 Å². The van der Waals surface area contributed by atoms with E-state index >= 15 is 0 Å². The van der Waals surface area contributed by atoms with Gasteiger partial charge in [0.15, 0.2) is 0 Å². The van der Waals surface area contributed by atoms with Gasteiger partial charge in [0.1, 0.15) is 21.0 Å². The predicted octanol–water partition coefficient (Wildman–Crippen LogP) is 5.67. The molecule has 1 unspecified atom stereocenters. The zero-order valence-electron chi connectivity index (χ0n) is 23.3. The van der Waals surface area contributed by atoms with E-state index < -0.39 is 11.0 Å². The number of rotatable bonds is 6. The van der Waals surface area contributed by atoms with Gasteiger partial charge in [-0.25, -0.2) is 18.5 Å². The van der Waals surface area contributed by atoms with Crippen molar-refractivity contribution < 1.29 is 9.00 Å². The molecular formula is C31H34N6O2S2. The van der Waals surface area contributed by atoms with E-state index in [2.05, 4.69) is 24.5 Å². The Kier molecular flexibility index (Phi) is 7.63. The lowest BCUT2D eigenvalue weighted by molar-refractivity contribution is 0.102. The van der Waals surface area contributed by atoms with Crippen LogP contribution in [0.15, 0.2) is 71.1 Å². The third-order valence-corrected chi connectivity index (χ3v) is 11.2. The summed E-state index contributed by atoms with van der Waals surface area (Å²) in [6.07, 6.45) is 4.75. The molecule has 2 aliphatic rings. The predicted molar refractivity (Wildman–Crippen MR) is 167 cm³/mol. The van der Waals surface area contributed by atoms with Crippen molar-refractivity contribution in [1.82, 2.24) is 14.3 Å². The number of pyridine rings is 1. The highest BCUT2D eigenvalue weighted by Gasteiger charge is 2.43. The van der Waals surface area contributed by atoms with E-state index in [-0.39, 0.29) is 11.3 Å². The number of nitrogens with zero attached hydrogens (tertiary/aromatic N) is 4. The lowest BCUT2D eigenvalue weighted by Crippen LogP contribution is -2.42. The van der Waals surface area contributed by atoms with Crippen LogP contribution in [0, 0.1) is 19.3 Å². The summed E-state index contributed by atoms with van der Waals surface area (Å²) >= 11 is 1.54. The number of aryl methyl sites for hydroxylation is 2. The summed E-state index contributed by atoms with van der Waals surface area (Å²) in [6, 6.07) is 19.4. The number of amides is 1. The Hall–Kier alpha value is -3.60. The van der Waals surface area contributed by atoms with Crippen LogP contribution < -0.4 is 16.0 Å². The Bertz CT molecular complexity index is 1580. The molecule has 2 aromatic heterocycles. The van der Waals surface area contributed by atoms with Crippen molar-refractivity contribution in [3.8, 4) is 11.1 Å². The average molecular weight is 587 g/mol. The molecular weight excluding hydrogens is 553 g/mol. The summed E-state index contributed by atoms with van der Waals surface area (Å²) in [5, 5.41) is 3.91. The van der Waals surface area contributed by atoms with Gasteiger partial charge in [0.2, 0.25) is 0 Å². The quantitative estimate of drug-likeness (QED) is 0.282. The summed E-state index contributed by atoms with van der Waals surface area (Å²) in [5.41, 5.74) is 10.8. The molecule has 212 valence electrons. The van der Waals surface area contributed by atoms with Crippen LogP contribution >= 0.6 is 11.3 Å². The highest BCUT2D eigenvalue weighted by Crippen LogP contribution is 2.42. The first kappa shape index (κ1) is 27.6. The molecule has 2 aliphatic heterocycles. The SMILES string of the molecule is Cc1nc(C)c(S(=O)N2CCC3(CCN(c4ccc(C(=O)Nc5cc(-c6ccccc6)ccc5N)cn4)CC3)C2)s1. The lowest BCUT2D eigenvalue weighted by Gasteiger charge is -2.39. The zero-order chi connectivity index (χ0) is 28.6. The Morgan fingerprint density at radius 2 is 1.76 bits per heavy atom. The van der Waals surface area contributed by atoms with Gasteiger partial charge in [-0.2, -0.15) is 0 Å². The number of anilines is 3. The summed E-state index contributed by atoms with van der Waals surface area (Å²) in [4.78, 5) is 24.4. The molecule has 0 aliphatic carbocycles. The molecule has 1 spiro atoms. The molecule has 4 heterocycles. The van der Waals surface area contributed by atoms with Gasteiger partial charge in [0.05, 0.1) is 27.6 Å². The van der Waals surface area contributed by atoms with Crippen molar-refractivity contribution in [2.24, 2.45) is 5.41 Å². The maximum absolute atomic E-state index is 13.2. The number of aromatic nitrogens is 2. The third kappa shape index (κ3) is 5.77. The van der Waals surface area contributed by atoms with E-state index in [9.17, 15) is 9.00 Å². The minimum Gasteiger partial charge on any atom is -0.397 e. The second-order valence-corrected chi connectivity index (χ2v) is 13.9. The number of nitrogens with two attached hydrogens (primary N) is 1. The van der Waals surface area contributed by atoms with Crippen LogP contribution in [0.1, 0.15) is 40.3 Å². The summed E-state index contributed by atoms with van der Waals surface area (Å²) < 4.78 is 16.3. The Morgan fingerprint density at radius 3 is 2.44 bits per heavy atom. The molecule has 0 saturated carbocycles. The van der Waals surface area contributed by atoms with E-state index in [0.29, 0.717) is 16.9 Å². The van der Waals surface area contributed by atoms with Crippen molar-refractivity contribution >= 4 is 45.4 Å². The maximum Gasteiger partial charge on any atom is 0.257 e. The summed E-state index contributed by atoms with van der Waals surface area (Å²) in [7, 11) is -1.14. The fraction of sp³-hybridized carbons (Fsp3) is 0.323. The average Bonchev–Trinajstić information content (AvgIpc) is 3.56. The van der Waals surface area contributed by atoms with Crippen molar-refractivity contribution in [1.29, 1.82) is 0 Å². The number of thiazole rings is 1. The van der Waals surface area contributed by atoms with Gasteiger partial charge < -0.3 is 16.0 Å². The second kappa shape index (κ2) is 11.3. The summed E-state index contributed by atoms with van der Waals surface area (Å²) in [6.45, 7) is 7.39. The molecule has 1 amide bonds. The minimum absolute atomic E-state index is 0.188. The minimum atomic E-state index is -1.14. The first-order valence-corrected chi connectivity index (χ1v) is 15.8. The Morgan fingerprint density at radius 1 is 1.00 bits per heavy atom. The van der Waals surface area contributed by atoms with Crippen LogP contribution in [0.2, 0.25) is 0 Å². The third-order valence-electron chi connectivity index (χ3n) is 8.22. The van der Waals surface area contributed by atoms with Gasteiger partial charge >= 0.3 is 0 Å². The number of benzene rings is 2. The molecule has 2 saturated heterocycles. The van der Waals surface area contributed by atoms with Gasteiger partial charge in [0.25, 0.3) is 5.91 Å². The van der Waals surface area contributed by atoms with Crippen molar-refractivity contribution in [2.75, 3.05) is 42.1 Å². The molecule has 0 bridgehead atoms. The van der Waals surface area contributed by atoms with Gasteiger partial charge in [0, 0.05) is 32.4 Å². The number of carbonyl (C=O) groups is 1. The monoisotopic (exact) mass is 586 g/mol. The van der Waals surface area contributed by atoms with Crippen LogP contribution in [0.25, 0.3) is 11.1 Å². The topological polar surface area (TPSA) is 104 Å². The number of nitrogen functional groups attached to an aromatic ring is 1. The smallest absolute Gasteiger partial charge is 0.257 e. The van der Waals surface area contributed by atoms with Crippen molar-refractivity contribution in [2.45, 2.75) is 37.3 Å². The van der Waals surface area contributed by atoms with Crippen LogP contribution in [-0.4, -0.2) is 50.6 Å². The van der Waals surface area contributed by atoms with Gasteiger partial charge in [-0.1, -0.05) is 36.4 Å². The molecule has 1 atom stereocenters. The second-order valence-electron chi connectivity index (χ2n) is 11.0. The maximum atomic E-state index is 13.2. The summed E-state index contributed by atoms with van der Waals surface area (Å²) in [5.74, 6) is 0.625. The highest BCUT2D eigenvalue weighted by atomic mass is 32.2. The Balaban J connectivity index is 1.06. The first-order chi connectivity index (χ1) is 19.8. The van der Waals surface area contributed by atoms with Crippen molar-refractivity contribution in [3.05, 3.63) is 83.1 Å². The van der Waals surface area contributed by atoms with Crippen LogP contribution in [-0.2, 0) is 11.0 Å². The highest BCUT2D eigenvalue weighted by molar-refractivity contribution is 7.85. The number of nitrogens with one attached hydrogen (secondary N) is 1. The standard InChI is InChI=1S/C31H34N6O2S2/c1-21-30(40-22(2)34-21)41(39)37-17-14-31(20-37)12-15-36(16-13-31)28-11-9-25(19-33-28)29(38)35-27-18-24(8-10-26(27)32)23-6-4-3-5-7-23/h3-11,18-19H,12-17,20,32H2,1-2H3,(H,35,38). The fourth-order valence-electron chi connectivity index (χ4n) is 5.82. The molecule has 2 fully saturated rings. The van der Waals surface area contributed by atoms with Crippen LogP contribution in [0.5, 0.6) is 0 Å². The van der Waals surface area contributed by atoms with E-state index in [0.717, 1.165) is 77.3 Å². The van der Waals surface area contributed by atoms with Crippen LogP contribution in [0.4, 0.5) is 17.2 Å². The normalized spacial score (nSPS) is 17.6. The number of piperidine rings is 1. The van der Waals surface area contributed by atoms with E-state index in [1.165, 1.54) is 0 Å². The molecule has 3 N–H and O–H groups in total. The molecule has 41 heavy (non-hydrogen) atoms. The van der Waals surface area contributed by atoms with Gasteiger partial charge in [-0.05, 0) is 73.9 Å². The molecule has 4 aromatic rings. The number of carbonyl (C=O) groups excluding carboxylic acids is 1. The first-order valence-electron chi connectivity index (χ1n) is 13.9. The molecule has 8 nitrogen and oxygen atoms in total. The van der Waals surface area contributed by atoms with Gasteiger partial charge in [-0.3, -0.25) is 4.79 Å². The number of hydrogen-bond donors (Lipinski definition) is 2.